The van der Waals surface area contributed by atoms with Gasteiger partial charge in [-0.2, -0.15) is 0 Å². The number of pyridine rings is 1. The minimum absolute atomic E-state index is 0.0649. The van der Waals surface area contributed by atoms with E-state index in [2.05, 4.69) is 45.7 Å². The van der Waals surface area contributed by atoms with Crippen molar-refractivity contribution >= 4 is 29.4 Å². The molecule has 0 unspecified atom stereocenters. The lowest BCUT2D eigenvalue weighted by molar-refractivity contribution is -0.127. The van der Waals surface area contributed by atoms with Gasteiger partial charge in [-0.3, -0.25) is 9.78 Å². The van der Waals surface area contributed by atoms with Crippen LogP contribution in [0.15, 0.2) is 58.8 Å². The van der Waals surface area contributed by atoms with Crippen molar-refractivity contribution in [2.24, 2.45) is 0 Å². The zero-order valence-electron chi connectivity index (χ0n) is 16.2. The van der Waals surface area contributed by atoms with Crippen molar-refractivity contribution in [1.29, 1.82) is 0 Å². The summed E-state index contributed by atoms with van der Waals surface area (Å²) in [5, 5.41) is 9.33. The van der Waals surface area contributed by atoms with Gasteiger partial charge >= 0.3 is 0 Å². The number of rotatable bonds is 8. The number of aromatic nitrogens is 4. The highest BCUT2D eigenvalue weighted by molar-refractivity contribution is 7.99. The molecule has 3 aromatic rings. The van der Waals surface area contributed by atoms with Gasteiger partial charge in [0.05, 0.1) is 5.75 Å². The molecule has 0 atom stereocenters. The van der Waals surface area contributed by atoms with Crippen molar-refractivity contribution in [2.45, 2.75) is 30.1 Å². The first-order chi connectivity index (χ1) is 13.6. The number of carbonyl (C=O) groups is 1. The van der Waals surface area contributed by atoms with E-state index in [1.54, 1.807) is 29.1 Å². The van der Waals surface area contributed by atoms with Crippen LogP contribution >= 0.6 is 23.5 Å². The summed E-state index contributed by atoms with van der Waals surface area (Å²) >= 11 is 3.13. The molecule has 1 amide bonds. The van der Waals surface area contributed by atoms with Gasteiger partial charge in [-0.1, -0.05) is 23.9 Å². The third-order valence-corrected chi connectivity index (χ3v) is 6.00. The largest absolute Gasteiger partial charge is 0.341 e. The summed E-state index contributed by atoms with van der Waals surface area (Å²) in [7, 11) is 1.83. The lowest BCUT2D eigenvalue weighted by Gasteiger charge is -2.17. The predicted molar refractivity (Wildman–Crippen MR) is 114 cm³/mol. The third kappa shape index (κ3) is 4.94. The zero-order chi connectivity index (χ0) is 19.9. The van der Waals surface area contributed by atoms with Crippen molar-refractivity contribution < 1.29 is 4.79 Å². The third-order valence-electron chi connectivity index (χ3n) is 4.30. The lowest BCUT2D eigenvalue weighted by Crippen LogP contribution is -2.27. The van der Waals surface area contributed by atoms with Gasteiger partial charge in [-0.05, 0) is 43.0 Å². The Labute approximate surface area is 173 Å². The van der Waals surface area contributed by atoms with Crippen molar-refractivity contribution in [3.8, 4) is 11.4 Å². The Balaban J connectivity index is 1.61. The van der Waals surface area contributed by atoms with Gasteiger partial charge in [-0.25, -0.2) is 0 Å². The number of hydrogen-bond acceptors (Lipinski definition) is 6. The maximum atomic E-state index is 12.6. The molecule has 0 N–H and O–H groups in total. The molecule has 146 valence electrons. The summed E-state index contributed by atoms with van der Waals surface area (Å²) in [6.45, 7) is 3.37. The standard InChI is InChI=1S/C20H23N5OS2/c1-4-25-19(16-9-11-21-12-10-16)22-23-20(25)28-14-18(26)24(2)13-15-5-7-17(27-3)8-6-15/h5-12H,4,13-14H2,1-3H3. The lowest BCUT2D eigenvalue weighted by atomic mass is 10.2. The molecular weight excluding hydrogens is 390 g/mol. The maximum Gasteiger partial charge on any atom is 0.233 e. The van der Waals surface area contributed by atoms with Crippen LogP contribution in [0.3, 0.4) is 0 Å². The van der Waals surface area contributed by atoms with Gasteiger partial charge in [0.1, 0.15) is 0 Å². The van der Waals surface area contributed by atoms with Gasteiger partial charge in [0.2, 0.25) is 5.91 Å². The Morgan fingerprint density at radius 2 is 1.82 bits per heavy atom. The molecule has 0 aliphatic carbocycles. The quantitative estimate of drug-likeness (QED) is 0.523. The van der Waals surface area contributed by atoms with Crippen molar-refractivity contribution in [3.63, 3.8) is 0 Å². The van der Waals surface area contributed by atoms with Crippen LogP contribution in [0.25, 0.3) is 11.4 Å². The molecule has 0 aliphatic rings. The minimum atomic E-state index is 0.0649. The van der Waals surface area contributed by atoms with Crippen LogP contribution in [0.4, 0.5) is 0 Å². The molecule has 0 saturated heterocycles. The zero-order valence-corrected chi connectivity index (χ0v) is 17.8. The van der Waals surface area contributed by atoms with E-state index in [-0.39, 0.29) is 5.91 Å². The first kappa shape index (κ1) is 20.4. The highest BCUT2D eigenvalue weighted by Gasteiger charge is 2.16. The van der Waals surface area contributed by atoms with E-state index in [0.29, 0.717) is 12.3 Å². The summed E-state index contributed by atoms with van der Waals surface area (Å²) in [5.41, 5.74) is 2.09. The van der Waals surface area contributed by atoms with Crippen LogP contribution in [0.5, 0.6) is 0 Å². The van der Waals surface area contributed by atoms with Gasteiger partial charge in [0, 0.05) is 43.0 Å². The maximum absolute atomic E-state index is 12.6. The smallest absolute Gasteiger partial charge is 0.233 e. The van der Waals surface area contributed by atoms with E-state index < -0.39 is 0 Å². The molecular formula is C20H23N5OS2. The molecule has 2 heterocycles. The summed E-state index contributed by atoms with van der Waals surface area (Å²) in [5.74, 6) is 1.19. The predicted octanol–water partition coefficient (Wildman–Crippen LogP) is 3.83. The molecule has 6 nitrogen and oxygen atoms in total. The molecule has 0 saturated carbocycles. The average molecular weight is 414 g/mol. The summed E-state index contributed by atoms with van der Waals surface area (Å²) < 4.78 is 2.02. The Hall–Kier alpha value is -2.32. The molecule has 0 aliphatic heterocycles. The van der Waals surface area contributed by atoms with Gasteiger partial charge < -0.3 is 9.47 Å². The first-order valence-electron chi connectivity index (χ1n) is 8.95. The Bertz CT molecular complexity index is 912. The summed E-state index contributed by atoms with van der Waals surface area (Å²) in [6.07, 6.45) is 5.53. The number of thioether (sulfide) groups is 2. The van der Waals surface area contributed by atoms with E-state index in [0.717, 1.165) is 28.7 Å². The SMILES string of the molecule is CCn1c(SCC(=O)N(C)Cc2ccc(SC)cc2)nnc1-c1ccncc1. The highest BCUT2D eigenvalue weighted by atomic mass is 32.2. The second-order valence-corrected chi connectivity index (χ2v) is 8.00. The van der Waals surface area contributed by atoms with E-state index in [9.17, 15) is 4.79 Å². The fourth-order valence-electron chi connectivity index (χ4n) is 2.72. The number of benzene rings is 1. The van der Waals surface area contributed by atoms with Crippen LogP contribution in [-0.2, 0) is 17.9 Å². The van der Waals surface area contributed by atoms with Crippen LogP contribution in [-0.4, -0.2) is 49.6 Å². The fourth-order valence-corrected chi connectivity index (χ4v) is 4.08. The Morgan fingerprint density at radius 1 is 1.11 bits per heavy atom. The molecule has 2 aromatic heterocycles. The normalized spacial score (nSPS) is 10.8. The van der Waals surface area contributed by atoms with E-state index in [4.69, 9.17) is 0 Å². The van der Waals surface area contributed by atoms with Crippen LogP contribution in [0.2, 0.25) is 0 Å². The van der Waals surface area contributed by atoms with E-state index >= 15 is 0 Å². The number of carbonyl (C=O) groups excluding carboxylic acids is 1. The van der Waals surface area contributed by atoms with Crippen molar-refractivity contribution in [1.82, 2.24) is 24.6 Å². The van der Waals surface area contributed by atoms with E-state index in [1.807, 2.05) is 30.7 Å². The van der Waals surface area contributed by atoms with Crippen molar-refractivity contribution in [3.05, 3.63) is 54.4 Å². The van der Waals surface area contributed by atoms with Gasteiger partial charge in [0.15, 0.2) is 11.0 Å². The van der Waals surface area contributed by atoms with Gasteiger partial charge in [-0.15, -0.1) is 22.0 Å². The average Bonchev–Trinajstić information content (AvgIpc) is 3.16. The molecule has 0 fully saturated rings. The molecule has 1 aromatic carbocycles. The molecule has 28 heavy (non-hydrogen) atoms. The minimum Gasteiger partial charge on any atom is -0.341 e. The monoisotopic (exact) mass is 413 g/mol. The number of amides is 1. The number of hydrogen-bond donors (Lipinski definition) is 0. The van der Waals surface area contributed by atoms with Gasteiger partial charge in [0.25, 0.3) is 0 Å². The second kappa shape index (κ2) is 9.75. The molecule has 3 rings (SSSR count). The Kier molecular flexibility index (Phi) is 7.11. The van der Waals surface area contributed by atoms with E-state index in [1.165, 1.54) is 16.7 Å². The highest BCUT2D eigenvalue weighted by Crippen LogP contribution is 2.24. The van der Waals surface area contributed by atoms with Crippen LogP contribution in [0, 0.1) is 0 Å². The van der Waals surface area contributed by atoms with Crippen LogP contribution in [0.1, 0.15) is 12.5 Å². The molecule has 0 bridgehead atoms. The topological polar surface area (TPSA) is 63.9 Å². The fraction of sp³-hybridized carbons (Fsp3) is 0.300. The molecule has 0 radical (unpaired) electrons. The second-order valence-electron chi connectivity index (χ2n) is 6.17. The van der Waals surface area contributed by atoms with Crippen LogP contribution < -0.4 is 0 Å². The Morgan fingerprint density at radius 3 is 2.46 bits per heavy atom. The molecule has 8 heteroatoms. The first-order valence-corrected chi connectivity index (χ1v) is 11.2. The molecule has 0 spiro atoms. The summed E-state index contributed by atoms with van der Waals surface area (Å²) in [4.78, 5) is 19.6. The number of nitrogens with zero attached hydrogens (tertiary/aromatic N) is 5. The van der Waals surface area contributed by atoms with Crippen molar-refractivity contribution in [2.75, 3.05) is 19.1 Å². The summed E-state index contributed by atoms with van der Waals surface area (Å²) in [6, 6.07) is 12.1.